The standard InChI is InChI=1S/C26H23FN4OS/c1-18-10-12-21(13-11-18)31-25(22-8-4-5-9-23(22)27)28-29-26(31)33-17-24(32)30-15-14-19-6-2-3-7-20(19)16-30/h2-13H,14-17H2,1H3. The first-order chi connectivity index (χ1) is 16.1. The molecule has 3 aromatic carbocycles. The van der Waals surface area contributed by atoms with Crippen molar-refractivity contribution in [3.8, 4) is 17.1 Å². The SMILES string of the molecule is Cc1ccc(-n2c(SCC(=O)N3CCc4ccccc4C3)nnc2-c2ccccc2F)cc1. The summed E-state index contributed by atoms with van der Waals surface area (Å²) in [5, 5.41) is 9.18. The molecule has 1 amide bonds. The lowest BCUT2D eigenvalue weighted by Crippen LogP contribution is -2.37. The second kappa shape index (κ2) is 9.19. The highest BCUT2D eigenvalue weighted by Crippen LogP contribution is 2.30. The van der Waals surface area contributed by atoms with Gasteiger partial charge in [-0.05, 0) is 48.7 Å². The van der Waals surface area contributed by atoms with E-state index in [1.54, 1.807) is 18.2 Å². The molecule has 0 N–H and O–H groups in total. The molecular formula is C26H23FN4OS. The molecule has 33 heavy (non-hydrogen) atoms. The lowest BCUT2D eigenvalue weighted by Gasteiger charge is -2.28. The number of halogens is 1. The van der Waals surface area contributed by atoms with Crippen LogP contribution in [0.5, 0.6) is 0 Å². The summed E-state index contributed by atoms with van der Waals surface area (Å²) in [5.74, 6) is 0.348. The minimum atomic E-state index is -0.363. The highest BCUT2D eigenvalue weighted by Gasteiger charge is 2.23. The Bertz CT molecular complexity index is 1300. The maximum Gasteiger partial charge on any atom is 0.233 e. The van der Waals surface area contributed by atoms with Gasteiger partial charge in [0.15, 0.2) is 11.0 Å². The molecule has 0 unspecified atom stereocenters. The molecule has 7 heteroatoms. The summed E-state index contributed by atoms with van der Waals surface area (Å²) in [6, 6.07) is 22.7. The quantitative estimate of drug-likeness (QED) is 0.393. The highest BCUT2D eigenvalue weighted by atomic mass is 32.2. The molecule has 0 aliphatic carbocycles. The first-order valence-electron chi connectivity index (χ1n) is 10.8. The number of benzene rings is 3. The Balaban J connectivity index is 1.41. The van der Waals surface area contributed by atoms with Crippen LogP contribution < -0.4 is 0 Å². The van der Waals surface area contributed by atoms with Crippen molar-refractivity contribution >= 4 is 17.7 Å². The van der Waals surface area contributed by atoms with Crippen LogP contribution in [0.3, 0.4) is 0 Å². The van der Waals surface area contributed by atoms with Crippen molar-refractivity contribution in [2.75, 3.05) is 12.3 Å². The summed E-state index contributed by atoms with van der Waals surface area (Å²) >= 11 is 1.33. The van der Waals surface area contributed by atoms with E-state index >= 15 is 0 Å². The number of rotatable bonds is 5. The average Bonchev–Trinajstić information content (AvgIpc) is 3.26. The molecule has 0 saturated heterocycles. The third-order valence-electron chi connectivity index (χ3n) is 5.85. The van der Waals surface area contributed by atoms with E-state index in [0.29, 0.717) is 29.6 Å². The Morgan fingerprint density at radius 2 is 1.70 bits per heavy atom. The normalized spacial score (nSPS) is 13.1. The van der Waals surface area contributed by atoms with Crippen molar-refractivity contribution < 1.29 is 9.18 Å². The van der Waals surface area contributed by atoms with Gasteiger partial charge in [0, 0.05) is 18.8 Å². The van der Waals surface area contributed by atoms with E-state index in [1.165, 1.54) is 29.0 Å². The van der Waals surface area contributed by atoms with Crippen LogP contribution >= 0.6 is 11.8 Å². The number of hydrogen-bond donors (Lipinski definition) is 0. The summed E-state index contributed by atoms with van der Waals surface area (Å²) in [5.41, 5.74) is 4.82. The predicted molar refractivity (Wildman–Crippen MR) is 128 cm³/mol. The molecule has 0 fully saturated rings. The van der Waals surface area contributed by atoms with E-state index in [-0.39, 0.29) is 17.5 Å². The second-order valence-electron chi connectivity index (χ2n) is 8.08. The summed E-state index contributed by atoms with van der Waals surface area (Å²) in [4.78, 5) is 14.9. The van der Waals surface area contributed by atoms with Crippen LogP contribution in [0.2, 0.25) is 0 Å². The number of carbonyl (C=O) groups excluding carboxylic acids is 1. The van der Waals surface area contributed by atoms with Gasteiger partial charge in [-0.25, -0.2) is 4.39 Å². The van der Waals surface area contributed by atoms with Gasteiger partial charge in [-0.3, -0.25) is 9.36 Å². The van der Waals surface area contributed by atoms with Gasteiger partial charge in [-0.2, -0.15) is 0 Å². The first kappa shape index (κ1) is 21.4. The van der Waals surface area contributed by atoms with Crippen molar-refractivity contribution in [2.45, 2.75) is 25.0 Å². The molecule has 166 valence electrons. The van der Waals surface area contributed by atoms with Crippen LogP contribution in [0.25, 0.3) is 17.1 Å². The van der Waals surface area contributed by atoms with Gasteiger partial charge in [0.1, 0.15) is 5.82 Å². The fourth-order valence-electron chi connectivity index (χ4n) is 4.03. The minimum absolute atomic E-state index is 0.0559. The van der Waals surface area contributed by atoms with E-state index in [9.17, 15) is 9.18 Å². The smallest absolute Gasteiger partial charge is 0.233 e. The second-order valence-corrected chi connectivity index (χ2v) is 9.02. The van der Waals surface area contributed by atoms with Gasteiger partial charge in [-0.1, -0.05) is 65.9 Å². The number of nitrogens with zero attached hydrogens (tertiary/aromatic N) is 4. The zero-order valence-corrected chi connectivity index (χ0v) is 19.1. The monoisotopic (exact) mass is 458 g/mol. The molecule has 1 aliphatic rings. The molecule has 4 aromatic rings. The highest BCUT2D eigenvalue weighted by molar-refractivity contribution is 7.99. The van der Waals surface area contributed by atoms with E-state index in [1.807, 2.05) is 52.8 Å². The van der Waals surface area contributed by atoms with Crippen LogP contribution in [0.1, 0.15) is 16.7 Å². The van der Waals surface area contributed by atoms with Crippen molar-refractivity contribution in [1.29, 1.82) is 0 Å². The zero-order chi connectivity index (χ0) is 22.8. The number of amides is 1. The lowest BCUT2D eigenvalue weighted by molar-refractivity contribution is -0.129. The van der Waals surface area contributed by atoms with Gasteiger partial charge in [-0.15, -0.1) is 10.2 Å². The molecule has 2 heterocycles. The van der Waals surface area contributed by atoms with Gasteiger partial charge >= 0.3 is 0 Å². The number of fused-ring (bicyclic) bond motifs is 1. The topological polar surface area (TPSA) is 51.0 Å². The van der Waals surface area contributed by atoms with Gasteiger partial charge in [0.05, 0.1) is 11.3 Å². The third-order valence-corrected chi connectivity index (χ3v) is 6.76. The minimum Gasteiger partial charge on any atom is -0.337 e. The lowest BCUT2D eigenvalue weighted by atomic mass is 10.00. The molecule has 1 aromatic heterocycles. The summed E-state index contributed by atoms with van der Waals surface area (Å²) in [7, 11) is 0. The number of thioether (sulfide) groups is 1. The summed E-state index contributed by atoms with van der Waals surface area (Å²) in [6.07, 6.45) is 0.865. The fourth-order valence-corrected chi connectivity index (χ4v) is 4.89. The van der Waals surface area contributed by atoms with Crippen molar-refractivity contribution in [3.63, 3.8) is 0 Å². The number of carbonyl (C=O) groups is 1. The van der Waals surface area contributed by atoms with Gasteiger partial charge in [0.2, 0.25) is 5.91 Å². The van der Waals surface area contributed by atoms with Crippen molar-refractivity contribution in [1.82, 2.24) is 19.7 Å². The Hall–Kier alpha value is -3.45. The Morgan fingerprint density at radius 1 is 0.970 bits per heavy atom. The number of aryl methyl sites for hydroxylation is 1. The number of aromatic nitrogens is 3. The predicted octanol–water partition coefficient (Wildman–Crippen LogP) is 5.06. The fraction of sp³-hybridized carbons (Fsp3) is 0.192. The van der Waals surface area contributed by atoms with Gasteiger partial charge < -0.3 is 4.90 Å². The maximum atomic E-state index is 14.6. The van der Waals surface area contributed by atoms with Gasteiger partial charge in [0.25, 0.3) is 0 Å². The molecular weight excluding hydrogens is 435 g/mol. The van der Waals surface area contributed by atoms with E-state index in [0.717, 1.165) is 17.7 Å². The molecule has 0 bridgehead atoms. The van der Waals surface area contributed by atoms with Crippen molar-refractivity contribution in [3.05, 3.63) is 95.3 Å². The third kappa shape index (κ3) is 4.41. The molecule has 1 aliphatic heterocycles. The molecule has 0 spiro atoms. The molecule has 5 rings (SSSR count). The Kier molecular flexibility index (Phi) is 5.96. The van der Waals surface area contributed by atoms with E-state index < -0.39 is 0 Å². The number of hydrogen-bond acceptors (Lipinski definition) is 4. The maximum absolute atomic E-state index is 14.6. The zero-order valence-electron chi connectivity index (χ0n) is 18.2. The van der Waals surface area contributed by atoms with Crippen LogP contribution in [-0.4, -0.2) is 37.9 Å². The molecule has 5 nitrogen and oxygen atoms in total. The molecule has 0 atom stereocenters. The summed E-state index contributed by atoms with van der Waals surface area (Å²) < 4.78 is 16.4. The van der Waals surface area contributed by atoms with E-state index in [2.05, 4.69) is 22.3 Å². The largest absolute Gasteiger partial charge is 0.337 e. The van der Waals surface area contributed by atoms with E-state index in [4.69, 9.17) is 0 Å². The molecule has 0 saturated carbocycles. The van der Waals surface area contributed by atoms with Crippen LogP contribution in [0, 0.1) is 12.7 Å². The first-order valence-corrected chi connectivity index (χ1v) is 11.8. The van der Waals surface area contributed by atoms with Crippen LogP contribution in [0.15, 0.2) is 78.0 Å². The van der Waals surface area contributed by atoms with Crippen molar-refractivity contribution in [2.24, 2.45) is 0 Å². The average molecular weight is 459 g/mol. The van der Waals surface area contributed by atoms with Crippen LogP contribution in [0.4, 0.5) is 4.39 Å². The Morgan fingerprint density at radius 3 is 2.48 bits per heavy atom. The van der Waals surface area contributed by atoms with Crippen LogP contribution in [-0.2, 0) is 17.8 Å². The Labute approximate surface area is 196 Å². The summed E-state index contributed by atoms with van der Waals surface area (Å²) in [6.45, 7) is 3.35. The molecule has 0 radical (unpaired) electrons.